The van der Waals surface area contributed by atoms with E-state index in [9.17, 15) is 49.8 Å². The minimum Gasteiger partial charge on any atom is -0.497 e. The fraction of sp³-hybridized carbons (Fsp3) is 0.167. The number of alkyl halides is 3. The molecule has 53 heavy (non-hydrogen) atoms. The van der Waals surface area contributed by atoms with E-state index >= 15 is 0 Å². The summed E-state index contributed by atoms with van der Waals surface area (Å²) < 4.78 is 109. The Hall–Kier alpha value is -5.65. The summed E-state index contributed by atoms with van der Waals surface area (Å²) in [5.74, 6) is -3.87. The first-order valence-corrected chi connectivity index (χ1v) is 18.4. The third-order valence-electron chi connectivity index (χ3n) is 7.87. The van der Waals surface area contributed by atoms with Crippen molar-refractivity contribution in [2.24, 2.45) is 0 Å². The molecule has 0 fully saturated rings. The fourth-order valence-corrected chi connectivity index (χ4v) is 8.30. The number of carbonyl (C=O) groups is 2. The summed E-state index contributed by atoms with van der Waals surface area (Å²) >= 11 is 0. The highest BCUT2D eigenvalue weighted by Crippen LogP contribution is 2.44. The number of aliphatic carboxylic acids is 2. The quantitative estimate of drug-likeness (QED) is 0.129. The predicted octanol–water partition coefficient (Wildman–Crippen LogP) is 6.01. The number of rotatable bonds is 15. The highest BCUT2D eigenvalue weighted by Gasteiger charge is 2.36. The maximum atomic E-state index is 14.2. The van der Waals surface area contributed by atoms with E-state index in [0.29, 0.717) is 14.2 Å². The molecule has 5 aromatic carbocycles. The highest BCUT2D eigenvalue weighted by atomic mass is 32.2. The number of hydrogen-bond donors (Lipinski definition) is 2. The van der Waals surface area contributed by atoms with Crippen LogP contribution in [0.3, 0.4) is 0 Å². The van der Waals surface area contributed by atoms with E-state index in [2.05, 4.69) is 0 Å². The molecule has 0 aliphatic heterocycles. The standard InChI is InChI=1S/C36H31F3N2O10S2/c1-50-28-13-17-30(18-14-28)53(48,49)41(22-33(44)45)34-31-10-6-5-9-26(31)19-27(35(34)51-23-36(37,38)39)20-40(21-32(42)43)52(46,47)29-15-11-25(12-16-29)24-7-3-2-4-8-24/h2-19H,20-23H2,1H3,(H,42,43)(H,44,45). The number of carboxylic acid groups (broad SMARTS) is 2. The Morgan fingerprint density at radius 2 is 1.26 bits per heavy atom. The van der Waals surface area contributed by atoms with Crippen LogP contribution in [0.2, 0.25) is 0 Å². The second-order valence-electron chi connectivity index (χ2n) is 11.5. The van der Waals surface area contributed by atoms with Gasteiger partial charge in [0.1, 0.15) is 30.3 Å². The zero-order chi connectivity index (χ0) is 38.6. The van der Waals surface area contributed by atoms with Crippen LogP contribution in [0.1, 0.15) is 5.56 Å². The molecule has 0 saturated carbocycles. The number of anilines is 1. The first-order valence-electron chi connectivity index (χ1n) is 15.5. The first-order chi connectivity index (χ1) is 25.0. The minimum atomic E-state index is -5.00. The predicted molar refractivity (Wildman–Crippen MR) is 188 cm³/mol. The Balaban J connectivity index is 1.72. The van der Waals surface area contributed by atoms with Crippen LogP contribution in [0, 0.1) is 0 Å². The van der Waals surface area contributed by atoms with Crippen molar-refractivity contribution in [3.63, 3.8) is 0 Å². The van der Waals surface area contributed by atoms with Gasteiger partial charge in [-0.15, -0.1) is 0 Å². The second kappa shape index (κ2) is 15.5. The third kappa shape index (κ3) is 8.88. The number of halogens is 3. The molecule has 0 atom stereocenters. The van der Waals surface area contributed by atoms with Crippen molar-refractivity contribution in [2.45, 2.75) is 22.5 Å². The van der Waals surface area contributed by atoms with Crippen molar-refractivity contribution in [3.8, 4) is 22.6 Å². The van der Waals surface area contributed by atoms with E-state index in [1.54, 1.807) is 30.3 Å². The molecule has 5 rings (SSSR count). The van der Waals surface area contributed by atoms with Gasteiger partial charge in [-0.05, 0) is 59.0 Å². The van der Waals surface area contributed by atoms with Crippen LogP contribution in [-0.2, 0) is 36.2 Å². The molecular weight excluding hydrogens is 742 g/mol. The molecule has 0 spiro atoms. The summed E-state index contributed by atoms with van der Waals surface area (Å²) in [6.45, 7) is -5.38. The number of ether oxygens (including phenoxy) is 2. The maximum Gasteiger partial charge on any atom is 0.422 e. The average molecular weight is 773 g/mol. The monoisotopic (exact) mass is 772 g/mol. The van der Waals surface area contributed by atoms with E-state index in [1.165, 1.54) is 73.8 Å². The molecule has 0 radical (unpaired) electrons. The molecule has 0 aliphatic carbocycles. The van der Waals surface area contributed by atoms with E-state index in [1.807, 2.05) is 0 Å². The molecule has 0 aliphatic rings. The topological polar surface area (TPSA) is 168 Å². The molecular formula is C36H31F3N2O10S2. The Kier molecular flexibility index (Phi) is 11.3. The van der Waals surface area contributed by atoms with Gasteiger partial charge >= 0.3 is 18.1 Å². The van der Waals surface area contributed by atoms with Gasteiger partial charge in [-0.1, -0.05) is 66.7 Å². The molecule has 0 unspecified atom stereocenters. The van der Waals surface area contributed by atoms with Crippen LogP contribution >= 0.6 is 0 Å². The van der Waals surface area contributed by atoms with Crippen LogP contribution in [0.5, 0.6) is 11.5 Å². The van der Waals surface area contributed by atoms with E-state index < -0.39 is 80.7 Å². The van der Waals surface area contributed by atoms with E-state index in [0.717, 1.165) is 17.7 Å². The zero-order valence-electron chi connectivity index (χ0n) is 27.7. The number of nitrogens with zero attached hydrogens (tertiary/aromatic N) is 2. The lowest BCUT2D eigenvalue weighted by Crippen LogP contribution is -2.37. The molecule has 0 amide bonds. The van der Waals surface area contributed by atoms with Crippen LogP contribution in [-0.4, -0.2) is 76.3 Å². The lowest BCUT2D eigenvalue weighted by atomic mass is 10.0. The Bertz CT molecular complexity index is 2340. The first kappa shape index (κ1) is 38.6. The van der Waals surface area contributed by atoms with Crippen molar-refractivity contribution in [2.75, 3.05) is 31.1 Å². The number of fused-ring (bicyclic) bond motifs is 1. The van der Waals surface area contributed by atoms with Crippen LogP contribution in [0.15, 0.2) is 119 Å². The van der Waals surface area contributed by atoms with Gasteiger partial charge in [0, 0.05) is 17.5 Å². The van der Waals surface area contributed by atoms with Crippen LogP contribution in [0.25, 0.3) is 21.9 Å². The molecule has 12 nitrogen and oxygen atoms in total. The molecule has 0 bridgehead atoms. The largest absolute Gasteiger partial charge is 0.497 e. The molecule has 0 aromatic heterocycles. The van der Waals surface area contributed by atoms with Crippen molar-refractivity contribution in [1.82, 2.24) is 4.31 Å². The summed E-state index contributed by atoms with van der Waals surface area (Å²) in [4.78, 5) is 23.5. The van der Waals surface area contributed by atoms with Gasteiger partial charge in [-0.2, -0.15) is 17.5 Å². The van der Waals surface area contributed by atoms with E-state index in [-0.39, 0.29) is 27.0 Å². The van der Waals surface area contributed by atoms with Crippen LogP contribution < -0.4 is 13.8 Å². The molecule has 5 aromatic rings. The fourth-order valence-electron chi connectivity index (χ4n) is 5.49. The van der Waals surface area contributed by atoms with Gasteiger partial charge in [0.25, 0.3) is 10.0 Å². The Labute approximate surface area is 302 Å². The molecule has 0 heterocycles. The van der Waals surface area contributed by atoms with Gasteiger partial charge in [0.05, 0.1) is 16.9 Å². The van der Waals surface area contributed by atoms with E-state index in [4.69, 9.17) is 9.47 Å². The van der Waals surface area contributed by atoms with Gasteiger partial charge in [0.15, 0.2) is 6.61 Å². The summed E-state index contributed by atoms with van der Waals surface area (Å²) in [5.41, 5.74) is 0.395. The SMILES string of the molecule is COc1ccc(S(=O)(=O)N(CC(=O)O)c2c(OCC(F)(F)F)c(CN(CC(=O)O)S(=O)(=O)c3ccc(-c4ccccc4)cc3)cc3ccccc23)cc1. The summed E-state index contributed by atoms with van der Waals surface area (Å²) in [6.07, 6.45) is -5.00. The Morgan fingerprint density at radius 1 is 0.717 bits per heavy atom. The van der Waals surface area contributed by atoms with Crippen molar-refractivity contribution in [1.29, 1.82) is 0 Å². The number of sulfonamides is 2. The van der Waals surface area contributed by atoms with Gasteiger partial charge < -0.3 is 19.7 Å². The summed E-state index contributed by atoms with van der Waals surface area (Å²) in [5, 5.41) is 19.8. The number of hydrogen-bond acceptors (Lipinski definition) is 8. The minimum absolute atomic E-state index is 0.0593. The summed E-state index contributed by atoms with van der Waals surface area (Å²) in [7, 11) is -8.27. The average Bonchev–Trinajstić information content (AvgIpc) is 3.12. The lowest BCUT2D eigenvalue weighted by molar-refractivity contribution is -0.153. The normalized spacial score (nSPS) is 12.1. The van der Waals surface area contributed by atoms with Gasteiger partial charge in [-0.3, -0.25) is 13.9 Å². The molecule has 17 heteroatoms. The second-order valence-corrected chi connectivity index (χ2v) is 15.3. The van der Waals surface area contributed by atoms with Crippen molar-refractivity contribution < 1.29 is 59.3 Å². The molecule has 278 valence electrons. The van der Waals surface area contributed by atoms with Crippen LogP contribution in [0.4, 0.5) is 18.9 Å². The van der Waals surface area contributed by atoms with Gasteiger partial charge in [-0.25, -0.2) is 16.8 Å². The highest BCUT2D eigenvalue weighted by molar-refractivity contribution is 7.93. The third-order valence-corrected chi connectivity index (χ3v) is 11.4. The van der Waals surface area contributed by atoms with Crippen molar-refractivity contribution >= 4 is 48.4 Å². The smallest absolute Gasteiger partial charge is 0.422 e. The van der Waals surface area contributed by atoms with Crippen molar-refractivity contribution in [3.05, 3.63) is 115 Å². The Morgan fingerprint density at radius 3 is 1.85 bits per heavy atom. The maximum absolute atomic E-state index is 14.2. The number of methoxy groups -OCH3 is 1. The van der Waals surface area contributed by atoms with Gasteiger partial charge in [0.2, 0.25) is 10.0 Å². The molecule has 2 N–H and O–H groups in total. The summed E-state index contributed by atoms with van der Waals surface area (Å²) in [6, 6.07) is 26.1. The number of carboxylic acids is 2. The lowest BCUT2D eigenvalue weighted by Gasteiger charge is -2.29. The number of benzene rings is 5. The zero-order valence-corrected chi connectivity index (χ0v) is 29.4. The molecule has 0 saturated heterocycles.